The second kappa shape index (κ2) is 12.9. The maximum atomic E-state index is 12.3. The molecule has 9 nitrogen and oxygen atoms in total. The Morgan fingerprint density at radius 1 is 0.919 bits per heavy atom. The summed E-state index contributed by atoms with van der Waals surface area (Å²) < 4.78 is 11.4. The highest BCUT2D eigenvalue weighted by Crippen LogP contribution is 2.18. The van der Waals surface area contributed by atoms with Gasteiger partial charge in [0.15, 0.2) is 0 Å². The lowest BCUT2D eigenvalue weighted by Crippen LogP contribution is -2.19. The molecule has 188 valence electrons. The zero-order valence-electron chi connectivity index (χ0n) is 20.1. The molecule has 0 atom stereocenters. The van der Waals surface area contributed by atoms with Crippen molar-refractivity contribution >= 4 is 34.5 Å². The first-order valence-corrected chi connectivity index (χ1v) is 12.3. The fraction of sp³-hybridized carbons (Fsp3) is 0.148. The average molecular weight is 516 g/mol. The molecule has 2 amide bonds. The second-order valence-electron chi connectivity index (χ2n) is 7.84. The number of hydrazone groups is 1. The molecule has 0 saturated carbocycles. The third-order valence-electron chi connectivity index (χ3n) is 4.98. The number of anilines is 1. The van der Waals surface area contributed by atoms with Gasteiger partial charge in [0.05, 0.1) is 12.6 Å². The minimum atomic E-state index is -0.363. The molecular formula is C27H25N5O4S. The lowest BCUT2D eigenvalue weighted by atomic mass is 10.1. The van der Waals surface area contributed by atoms with E-state index in [-0.39, 0.29) is 18.2 Å². The molecule has 0 aliphatic carbocycles. The van der Waals surface area contributed by atoms with Crippen LogP contribution in [0.25, 0.3) is 0 Å². The van der Waals surface area contributed by atoms with E-state index >= 15 is 0 Å². The predicted octanol–water partition coefficient (Wildman–Crippen LogP) is 4.25. The van der Waals surface area contributed by atoms with Gasteiger partial charge in [-0.15, -0.1) is 10.2 Å². The maximum absolute atomic E-state index is 12.3. The molecule has 0 radical (unpaired) electrons. The van der Waals surface area contributed by atoms with Gasteiger partial charge in [0.2, 0.25) is 11.0 Å². The third-order valence-corrected chi connectivity index (χ3v) is 5.82. The van der Waals surface area contributed by atoms with Gasteiger partial charge in [0.1, 0.15) is 29.7 Å². The zero-order chi connectivity index (χ0) is 25.9. The summed E-state index contributed by atoms with van der Waals surface area (Å²) in [6, 6.07) is 24.0. The van der Waals surface area contributed by atoms with E-state index in [1.54, 1.807) is 12.1 Å². The van der Waals surface area contributed by atoms with Crippen LogP contribution in [-0.4, -0.2) is 41.4 Å². The molecule has 0 spiro atoms. The summed E-state index contributed by atoms with van der Waals surface area (Å²) in [5, 5.41) is 15.4. The molecule has 1 heterocycles. The molecule has 0 aliphatic rings. The second-order valence-corrected chi connectivity index (χ2v) is 8.90. The average Bonchev–Trinajstić information content (AvgIpc) is 3.34. The summed E-state index contributed by atoms with van der Waals surface area (Å²) in [6.07, 6.45) is 1.49. The normalized spacial score (nSPS) is 10.7. The number of para-hydroxylation sites is 2. The van der Waals surface area contributed by atoms with Crippen LogP contribution in [0.2, 0.25) is 0 Å². The Hall–Kier alpha value is -4.57. The molecule has 0 unspecified atom stereocenters. The first-order valence-electron chi connectivity index (χ1n) is 11.5. The van der Waals surface area contributed by atoms with Gasteiger partial charge in [-0.2, -0.15) is 5.10 Å². The molecule has 4 aromatic rings. The fourth-order valence-corrected chi connectivity index (χ4v) is 3.88. The highest BCUT2D eigenvalue weighted by Gasteiger charge is 2.12. The highest BCUT2D eigenvalue weighted by molar-refractivity contribution is 7.15. The van der Waals surface area contributed by atoms with Crippen LogP contribution < -0.4 is 20.2 Å². The summed E-state index contributed by atoms with van der Waals surface area (Å²) in [7, 11) is 0. The number of aryl methyl sites for hydroxylation is 1. The van der Waals surface area contributed by atoms with Crippen LogP contribution in [0.5, 0.6) is 11.5 Å². The highest BCUT2D eigenvalue weighted by atomic mass is 32.1. The van der Waals surface area contributed by atoms with Crippen molar-refractivity contribution in [3.63, 3.8) is 0 Å². The molecule has 0 saturated heterocycles. The molecule has 1 aromatic heterocycles. The van der Waals surface area contributed by atoms with Crippen LogP contribution in [0.1, 0.15) is 26.5 Å². The van der Waals surface area contributed by atoms with Crippen molar-refractivity contribution < 1.29 is 19.1 Å². The Labute approximate surface area is 218 Å². The van der Waals surface area contributed by atoms with Crippen molar-refractivity contribution in [3.8, 4) is 11.5 Å². The van der Waals surface area contributed by atoms with Gasteiger partial charge in [-0.1, -0.05) is 59.4 Å². The number of hydrogen-bond acceptors (Lipinski definition) is 8. The van der Waals surface area contributed by atoms with E-state index in [0.717, 1.165) is 22.6 Å². The molecule has 0 aliphatic heterocycles. The van der Waals surface area contributed by atoms with E-state index in [1.165, 1.54) is 6.21 Å². The molecule has 3 aromatic carbocycles. The Balaban J connectivity index is 1.23. The number of carbonyl (C=O) groups excluding carboxylic acids is 2. The zero-order valence-corrected chi connectivity index (χ0v) is 20.9. The Bertz CT molecular complexity index is 1360. The topological polar surface area (TPSA) is 115 Å². The standard InChI is InChI=1S/C27H25N5O4S/c1-19-11-13-20(14-12-19)26(34)29-27-32-31-25(37-27)17-24(33)30-28-18-21-7-5-6-10-23(21)36-16-15-35-22-8-3-2-4-9-22/h2-14,18H,15-17H2,1H3,(H,30,33)(H,29,32,34). The van der Waals surface area contributed by atoms with Crippen LogP contribution in [0, 0.1) is 6.92 Å². The fourth-order valence-electron chi connectivity index (χ4n) is 3.15. The number of nitrogens with one attached hydrogen (secondary N) is 2. The lowest BCUT2D eigenvalue weighted by molar-refractivity contribution is -0.120. The van der Waals surface area contributed by atoms with Gasteiger partial charge in [0, 0.05) is 11.1 Å². The number of ether oxygens (including phenoxy) is 2. The van der Waals surface area contributed by atoms with Crippen molar-refractivity contribution in [3.05, 3.63) is 101 Å². The number of amides is 2. The Kier molecular flexibility index (Phi) is 8.92. The third kappa shape index (κ3) is 7.97. The van der Waals surface area contributed by atoms with Crippen molar-refractivity contribution in [2.75, 3.05) is 18.5 Å². The molecule has 4 rings (SSSR count). The van der Waals surface area contributed by atoms with Gasteiger partial charge in [0.25, 0.3) is 5.91 Å². The number of benzene rings is 3. The maximum Gasteiger partial charge on any atom is 0.257 e. The SMILES string of the molecule is Cc1ccc(C(=O)Nc2nnc(CC(=O)NN=Cc3ccccc3OCCOc3ccccc3)s2)cc1. The summed E-state index contributed by atoms with van der Waals surface area (Å²) in [4.78, 5) is 24.6. The first kappa shape index (κ1) is 25.5. The van der Waals surface area contributed by atoms with E-state index in [2.05, 4.69) is 26.0 Å². The smallest absolute Gasteiger partial charge is 0.257 e. The Morgan fingerprint density at radius 3 is 2.46 bits per heavy atom. The van der Waals surface area contributed by atoms with Gasteiger partial charge < -0.3 is 9.47 Å². The number of carbonyl (C=O) groups is 2. The van der Waals surface area contributed by atoms with Crippen LogP contribution in [-0.2, 0) is 11.2 Å². The molecule has 2 N–H and O–H groups in total. The molecule has 10 heteroatoms. The van der Waals surface area contributed by atoms with Gasteiger partial charge in [-0.3, -0.25) is 14.9 Å². The van der Waals surface area contributed by atoms with Gasteiger partial charge >= 0.3 is 0 Å². The first-order chi connectivity index (χ1) is 18.1. The number of rotatable bonds is 11. The summed E-state index contributed by atoms with van der Waals surface area (Å²) in [5.74, 6) is 0.748. The van der Waals surface area contributed by atoms with Gasteiger partial charge in [-0.05, 0) is 43.3 Å². The van der Waals surface area contributed by atoms with E-state index in [9.17, 15) is 9.59 Å². The number of nitrogens with zero attached hydrogens (tertiary/aromatic N) is 3. The molecule has 0 fully saturated rings. The lowest BCUT2D eigenvalue weighted by Gasteiger charge is -2.10. The summed E-state index contributed by atoms with van der Waals surface area (Å²) in [6.45, 7) is 2.69. The van der Waals surface area contributed by atoms with E-state index in [0.29, 0.717) is 40.2 Å². The van der Waals surface area contributed by atoms with Crippen molar-refractivity contribution in [1.29, 1.82) is 0 Å². The minimum Gasteiger partial charge on any atom is -0.490 e. The monoisotopic (exact) mass is 515 g/mol. The van der Waals surface area contributed by atoms with Crippen LogP contribution in [0.15, 0.2) is 84.0 Å². The minimum absolute atomic E-state index is 0.0234. The van der Waals surface area contributed by atoms with Crippen molar-refractivity contribution in [1.82, 2.24) is 15.6 Å². The number of aromatic nitrogens is 2. The van der Waals surface area contributed by atoms with Gasteiger partial charge in [-0.25, -0.2) is 5.43 Å². The quantitative estimate of drug-likeness (QED) is 0.175. The number of hydrogen-bond donors (Lipinski definition) is 2. The molecule has 0 bridgehead atoms. The summed E-state index contributed by atoms with van der Waals surface area (Å²) in [5.41, 5.74) is 4.77. The molecular weight excluding hydrogens is 490 g/mol. The van der Waals surface area contributed by atoms with E-state index < -0.39 is 0 Å². The predicted molar refractivity (Wildman–Crippen MR) is 142 cm³/mol. The van der Waals surface area contributed by atoms with Crippen LogP contribution >= 0.6 is 11.3 Å². The van der Waals surface area contributed by atoms with E-state index in [4.69, 9.17) is 9.47 Å². The van der Waals surface area contributed by atoms with E-state index in [1.807, 2.05) is 73.7 Å². The van der Waals surface area contributed by atoms with Crippen LogP contribution in [0.3, 0.4) is 0 Å². The Morgan fingerprint density at radius 2 is 1.65 bits per heavy atom. The molecule has 37 heavy (non-hydrogen) atoms. The van der Waals surface area contributed by atoms with Crippen molar-refractivity contribution in [2.45, 2.75) is 13.3 Å². The largest absolute Gasteiger partial charge is 0.490 e. The van der Waals surface area contributed by atoms with Crippen LogP contribution in [0.4, 0.5) is 5.13 Å². The summed E-state index contributed by atoms with van der Waals surface area (Å²) >= 11 is 1.13. The van der Waals surface area contributed by atoms with Crippen molar-refractivity contribution in [2.24, 2.45) is 5.10 Å².